The summed E-state index contributed by atoms with van der Waals surface area (Å²) in [7, 11) is 1.38. The van der Waals surface area contributed by atoms with Gasteiger partial charge in [-0.2, -0.15) is 0 Å². The number of carbonyl (C=O) groups is 3. The molecule has 7 nitrogen and oxygen atoms in total. The van der Waals surface area contributed by atoms with Crippen molar-refractivity contribution < 1.29 is 24.2 Å². The summed E-state index contributed by atoms with van der Waals surface area (Å²) in [5.41, 5.74) is 0. The van der Waals surface area contributed by atoms with E-state index < -0.39 is 18.1 Å². The Bertz CT molecular complexity index is 323. The summed E-state index contributed by atoms with van der Waals surface area (Å²) < 4.78 is 4.91. The van der Waals surface area contributed by atoms with E-state index in [4.69, 9.17) is 9.84 Å². The number of amides is 2. The number of carboxylic acids is 1. The van der Waals surface area contributed by atoms with E-state index in [1.807, 2.05) is 0 Å². The number of hydrogen-bond donors (Lipinski definition) is 3. The van der Waals surface area contributed by atoms with E-state index in [9.17, 15) is 14.4 Å². The molecule has 2 amide bonds. The number of methoxy groups -OCH3 is 1. The molecular formula is C9H14N2O5S. The summed E-state index contributed by atoms with van der Waals surface area (Å²) in [6.07, 6.45) is -0.746. The summed E-state index contributed by atoms with van der Waals surface area (Å²) in [5, 5.41) is 13.4. The average molecular weight is 262 g/mol. The van der Waals surface area contributed by atoms with Crippen LogP contribution in [0.25, 0.3) is 0 Å². The van der Waals surface area contributed by atoms with Crippen molar-refractivity contribution in [2.45, 2.75) is 18.6 Å². The predicted molar refractivity (Wildman–Crippen MR) is 60.8 cm³/mol. The fourth-order valence-corrected chi connectivity index (χ4v) is 2.08. The summed E-state index contributed by atoms with van der Waals surface area (Å²) in [6, 6.07) is -0.546. The van der Waals surface area contributed by atoms with Gasteiger partial charge in [0.2, 0.25) is 5.91 Å². The van der Waals surface area contributed by atoms with Gasteiger partial charge in [0.05, 0.1) is 12.5 Å². The Morgan fingerprint density at radius 3 is 2.88 bits per heavy atom. The quantitative estimate of drug-likeness (QED) is 0.591. The van der Waals surface area contributed by atoms with Crippen LogP contribution in [0.2, 0.25) is 0 Å². The second-order valence-corrected chi connectivity index (χ2v) is 4.49. The highest BCUT2D eigenvalue weighted by atomic mass is 32.2. The van der Waals surface area contributed by atoms with Crippen molar-refractivity contribution in [1.29, 1.82) is 0 Å². The van der Waals surface area contributed by atoms with Crippen LogP contribution in [0.5, 0.6) is 0 Å². The van der Waals surface area contributed by atoms with Crippen molar-refractivity contribution in [3.63, 3.8) is 0 Å². The molecule has 1 aliphatic rings. The lowest BCUT2D eigenvalue weighted by Gasteiger charge is -2.15. The highest BCUT2D eigenvalue weighted by Gasteiger charge is 2.28. The van der Waals surface area contributed by atoms with Gasteiger partial charge in [0, 0.05) is 19.4 Å². The van der Waals surface area contributed by atoms with Crippen molar-refractivity contribution in [3.8, 4) is 0 Å². The maximum absolute atomic E-state index is 11.6. The molecule has 96 valence electrons. The van der Waals surface area contributed by atoms with Crippen molar-refractivity contribution in [2.75, 3.05) is 19.4 Å². The van der Waals surface area contributed by atoms with E-state index >= 15 is 0 Å². The van der Waals surface area contributed by atoms with E-state index in [0.29, 0.717) is 5.75 Å². The Morgan fingerprint density at radius 1 is 1.71 bits per heavy atom. The number of nitrogens with one attached hydrogen (secondary N) is 2. The number of carboxylic acid groups (broad SMARTS) is 1. The standard InChI is InChI=1S/C9H14N2O5S/c1-16-5(2-7(12)13)3-10-8(14)6-4-17-9(15)11-6/h5-6H,2-4H2,1H3,(H,10,14)(H,11,15)(H,12,13). The highest BCUT2D eigenvalue weighted by molar-refractivity contribution is 8.14. The van der Waals surface area contributed by atoms with Crippen LogP contribution in [0.4, 0.5) is 4.79 Å². The smallest absolute Gasteiger partial charge is 0.306 e. The van der Waals surface area contributed by atoms with Crippen molar-refractivity contribution in [1.82, 2.24) is 10.6 Å². The SMILES string of the molecule is COC(CNC(=O)C1CSC(=O)N1)CC(=O)O. The molecule has 0 saturated carbocycles. The zero-order valence-corrected chi connectivity index (χ0v) is 10.1. The molecule has 0 spiro atoms. The normalized spacial score (nSPS) is 20.8. The Hall–Kier alpha value is -1.28. The molecule has 0 bridgehead atoms. The molecule has 17 heavy (non-hydrogen) atoms. The average Bonchev–Trinajstić information content (AvgIpc) is 2.70. The first-order valence-corrected chi connectivity index (χ1v) is 5.97. The third-order valence-corrected chi connectivity index (χ3v) is 3.11. The number of rotatable bonds is 6. The maximum Gasteiger partial charge on any atom is 0.306 e. The first-order valence-electron chi connectivity index (χ1n) is 4.98. The minimum Gasteiger partial charge on any atom is -0.481 e. The number of ether oxygens (including phenoxy) is 1. The van der Waals surface area contributed by atoms with Crippen molar-refractivity contribution >= 4 is 28.9 Å². The van der Waals surface area contributed by atoms with E-state index in [-0.39, 0.29) is 24.1 Å². The molecule has 0 aromatic rings. The third-order valence-electron chi connectivity index (χ3n) is 2.23. The van der Waals surface area contributed by atoms with Gasteiger partial charge in [-0.25, -0.2) is 0 Å². The summed E-state index contributed by atoms with van der Waals surface area (Å²) in [6.45, 7) is 0.110. The van der Waals surface area contributed by atoms with Crippen LogP contribution in [0.3, 0.4) is 0 Å². The summed E-state index contributed by atoms with van der Waals surface area (Å²) in [4.78, 5) is 32.9. The van der Waals surface area contributed by atoms with E-state index in [1.54, 1.807) is 0 Å². The van der Waals surface area contributed by atoms with Gasteiger partial charge in [-0.15, -0.1) is 0 Å². The molecule has 0 aliphatic carbocycles. The minimum atomic E-state index is -0.990. The molecule has 1 saturated heterocycles. The zero-order chi connectivity index (χ0) is 12.8. The first kappa shape index (κ1) is 13.8. The number of carbonyl (C=O) groups excluding carboxylic acids is 2. The Kier molecular flexibility index (Phi) is 5.23. The molecule has 2 atom stereocenters. The van der Waals surface area contributed by atoms with Gasteiger partial charge in [-0.3, -0.25) is 14.4 Å². The second-order valence-electron chi connectivity index (χ2n) is 3.50. The van der Waals surface area contributed by atoms with E-state index in [0.717, 1.165) is 11.8 Å². The Balaban J connectivity index is 2.31. The molecular weight excluding hydrogens is 248 g/mol. The fourth-order valence-electron chi connectivity index (χ4n) is 1.30. The van der Waals surface area contributed by atoms with Crippen LogP contribution in [-0.2, 0) is 14.3 Å². The Morgan fingerprint density at radius 2 is 2.41 bits per heavy atom. The van der Waals surface area contributed by atoms with Crippen LogP contribution in [0.15, 0.2) is 0 Å². The molecule has 8 heteroatoms. The van der Waals surface area contributed by atoms with Gasteiger partial charge < -0.3 is 20.5 Å². The molecule has 1 heterocycles. The molecule has 1 rings (SSSR count). The van der Waals surface area contributed by atoms with Gasteiger partial charge in [0.1, 0.15) is 6.04 Å². The number of hydrogen-bond acceptors (Lipinski definition) is 5. The maximum atomic E-state index is 11.6. The monoisotopic (exact) mass is 262 g/mol. The number of thioether (sulfide) groups is 1. The topological polar surface area (TPSA) is 105 Å². The van der Waals surface area contributed by atoms with Crippen molar-refractivity contribution in [3.05, 3.63) is 0 Å². The lowest BCUT2D eigenvalue weighted by Crippen LogP contribution is -2.45. The second kappa shape index (κ2) is 6.45. The van der Waals surface area contributed by atoms with Crippen LogP contribution >= 0.6 is 11.8 Å². The molecule has 0 aromatic heterocycles. The van der Waals surface area contributed by atoms with Gasteiger partial charge in [-0.05, 0) is 0 Å². The van der Waals surface area contributed by atoms with Gasteiger partial charge >= 0.3 is 5.97 Å². The van der Waals surface area contributed by atoms with Gasteiger partial charge in [-0.1, -0.05) is 11.8 Å². The van der Waals surface area contributed by atoms with Crippen LogP contribution in [0.1, 0.15) is 6.42 Å². The molecule has 1 fully saturated rings. The van der Waals surface area contributed by atoms with Gasteiger partial charge in [0.15, 0.2) is 0 Å². The van der Waals surface area contributed by atoms with Gasteiger partial charge in [0.25, 0.3) is 5.24 Å². The highest BCUT2D eigenvalue weighted by Crippen LogP contribution is 2.12. The van der Waals surface area contributed by atoms with Crippen molar-refractivity contribution in [2.24, 2.45) is 0 Å². The lowest BCUT2D eigenvalue weighted by molar-refractivity contribution is -0.140. The molecule has 0 radical (unpaired) electrons. The Labute approximate surface area is 102 Å². The third kappa shape index (κ3) is 4.61. The van der Waals surface area contributed by atoms with Crippen LogP contribution in [-0.4, -0.2) is 53.8 Å². The lowest BCUT2D eigenvalue weighted by atomic mass is 10.2. The minimum absolute atomic E-state index is 0.110. The predicted octanol–water partition coefficient (Wildman–Crippen LogP) is -0.583. The molecule has 2 unspecified atom stereocenters. The van der Waals surface area contributed by atoms with E-state index in [1.165, 1.54) is 7.11 Å². The summed E-state index contributed by atoms with van der Waals surface area (Å²) >= 11 is 1.05. The first-order chi connectivity index (χ1) is 8.02. The molecule has 1 aliphatic heterocycles. The molecule has 3 N–H and O–H groups in total. The summed E-state index contributed by atoms with van der Waals surface area (Å²) in [5.74, 6) is -0.923. The molecule has 0 aromatic carbocycles. The number of aliphatic carboxylic acids is 1. The fraction of sp³-hybridized carbons (Fsp3) is 0.667. The van der Waals surface area contributed by atoms with E-state index in [2.05, 4.69) is 10.6 Å². The van der Waals surface area contributed by atoms with Crippen LogP contribution < -0.4 is 10.6 Å². The largest absolute Gasteiger partial charge is 0.481 e. The zero-order valence-electron chi connectivity index (χ0n) is 9.26. The van der Waals surface area contributed by atoms with Crippen LogP contribution in [0, 0.1) is 0 Å².